The summed E-state index contributed by atoms with van der Waals surface area (Å²) >= 11 is 0. The molecule has 4 heterocycles. The monoisotopic (exact) mass is 488 g/mol. The lowest BCUT2D eigenvalue weighted by Crippen LogP contribution is -2.42. The van der Waals surface area contributed by atoms with Gasteiger partial charge in [-0.2, -0.15) is 0 Å². The lowest BCUT2D eigenvalue weighted by Gasteiger charge is -2.26. The third-order valence-electron chi connectivity index (χ3n) is 7.76. The smallest absolute Gasteiger partial charge is 0.254 e. The first-order chi connectivity index (χ1) is 17.4. The van der Waals surface area contributed by atoms with Crippen LogP contribution in [0.5, 0.6) is 5.75 Å². The Balaban J connectivity index is 1.62. The van der Waals surface area contributed by atoms with E-state index in [1.165, 1.54) is 0 Å². The van der Waals surface area contributed by atoms with Crippen molar-refractivity contribution in [2.24, 2.45) is 18.7 Å². The van der Waals surface area contributed by atoms with Gasteiger partial charge in [0.15, 0.2) is 5.82 Å². The zero-order valence-corrected chi connectivity index (χ0v) is 21.9. The van der Waals surface area contributed by atoms with E-state index in [1.54, 1.807) is 7.11 Å². The van der Waals surface area contributed by atoms with Gasteiger partial charge in [0.25, 0.3) is 5.91 Å². The largest absolute Gasteiger partial charge is 0.494 e. The van der Waals surface area contributed by atoms with Gasteiger partial charge in [-0.25, -0.2) is 9.97 Å². The van der Waals surface area contributed by atoms with Gasteiger partial charge in [0, 0.05) is 49.4 Å². The van der Waals surface area contributed by atoms with Crippen LogP contribution in [0.4, 0.5) is 0 Å². The Bertz CT molecular complexity index is 1420. The average molecular weight is 489 g/mol. The lowest BCUT2D eigenvalue weighted by molar-refractivity contribution is 0.0724. The molecule has 36 heavy (non-hydrogen) atoms. The summed E-state index contributed by atoms with van der Waals surface area (Å²) in [7, 11) is 3.63. The van der Waals surface area contributed by atoms with Crippen molar-refractivity contribution in [3.8, 4) is 17.3 Å². The number of nitrogens with two attached hydrogens (primary N) is 1. The molecule has 0 saturated carbocycles. The van der Waals surface area contributed by atoms with Crippen molar-refractivity contribution >= 4 is 28.0 Å². The molecule has 190 valence electrons. The Morgan fingerprint density at radius 3 is 2.69 bits per heavy atom. The van der Waals surface area contributed by atoms with E-state index in [9.17, 15) is 4.79 Å². The van der Waals surface area contributed by atoms with Crippen LogP contribution < -0.4 is 10.5 Å². The summed E-state index contributed by atoms with van der Waals surface area (Å²) in [5.74, 6) is 1.77. The van der Waals surface area contributed by atoms with Gasteiger partial charge < -0.3 is 24.5 Å². The molecular weight excluding hydrogens is 452 g/mol. The molecule has 1 saturated heterocycles. The van der Waals surface area contributed by atoms with Crippen molar-refractivity contribution in [1.29, 1.82) is 0 Å². The number of carbonyl (C=O) groups excluding carboxylic acids is 1. The number of benzene rings is 1. The predicted molar refractivity (Wildman–Crippen MR) is 143 cm³/mol. The number of carbonyl (C=O) groups is 1. The summed E-state index contributed by atoms with van der Waals surface area (Å²) in [5.41, 5.74) is 10.6. The fraction of sp³-hybridized carbons (Fsp3) is 0.464. The second-order valence-corrected chi connectivity index (χ2v) is 9.82. The van der Waals surface area contributed by atoms with Crippen LogP contribution in [0.25, 0.3) is 33.6 Å². The second kappa shape index (κ2) is 9.58. The summed E-state index contributed by atoms with van der Waals surface area (Å²) in [6.07, 6.45) is 4.61. The molecule has 1 fully saturated rings. The molecule has 8 heteroatoms. The molecule has 0 radical (unpaired) electrons. The molecule has 0 aliphatic carbocycles. The Hall–Kier alpha value is -3.39. The molecule has 1 aliphatic heterocycles. The minimum atomic E-state index is -0.00931. The first-order valence-electron chi connectivity index (χ1n) is 13.0. The fourth-order valence-electron chi connectivity index (χ4n) is 5.87. The molecule has 3 aromatic heterocycles. The Labute approximate surface area is 212 Å². The van der Waals surface area contributed by atoms with E-state index in [0.717, 1.165) is 59.4 Å². The van der Waals surface area contributed by atoms with Gasteiger partial charge in [-0.15, -0.1) is 0 Å². The minimum absolute atomic E-state index is 0.00474. The zero-order valence-electron chi connectivity index (χ0n) is 21.9. The Kier molecular flexibility index (Phi) is 6.47. The van der Waals surface area contributed by atoms with Crippen LogP contribution in [0.2, 0.25) is 0 Å². The number of nitrogens with zero attached hydrogens (tertiary/aromatic N) is 5. The average Bonchev–Trinajstić information content (AvgIpc) is 3.54. The fourth-order valence-corrected chi connectivity index (χ4v) is 5.87. The van der Waals surface area contributed by atoms with Crippen molar-refractivity contribution in [1.82, 2.24) is 24.0 Å². The second-order valence-electron chi connectivity index (χ2n) is 9.82. The highest BCUT2D eigenvalue weighted by Crippen LogP contribution is 2.35. The number of aromatic nitrogens is 4. The number of imidazole rings is 1. The molecule has 1 aliphatic rings. The molecule has 0 bridgehead atoms. The predicted octanol–water partition coefficient (Wildman–Crippen LogP) is 4.60. The number of amides is 1. The van der Waals surface area contributed by atoms with Crippen LogP contribution in [-0.4, -0.2) is 55.6 Å². The molecule has 2 N–H and O–H groups in total. The highest BCUT2D eigenvalue weighted by Gasteiger charge is 2.40. The van der Waals surface area contributed by atoms with Gasteiger partial charge in [0.1, 0.15) is 16.9 Å². The number of ether oxygens (including phenoxy) is 1. The van der Waals surface area contributed by atoms with E-state index in [-0.39, 0.29) is 18.0 Å². The first kappa shape index (κ1) is 24.3. The molecular formula is C28H36N6O2. The SMILES string of the molecule is CCCn1c(-c2nc3cc(C(=O)N4CC(CC)C(N)C4CC)cc(OC)c3n2C)cc2cccnc21. The van der Waals surface area contributed by atoms with E-state index < -0.39 is 0 Å². The van der Waals surface area contributed by atoms with Crippen LogP contribution >= 0.6 is 0 Å². The maximum absolute atomic E-state index is 13.7. The van der Waals surface area contributed by atoms with E-state index in [2.05, 4.69) is 47.0 Å². The van der Waals surface area contributed by atoms with Crippen LogP contribution in [0.15, 0.2) is 36.5 Å². The zero-order chi connectivity index (χ0) is 25.6. The highest BCUT2D eigenvalue weighted by molar-refractivity contribution is 6.00. The number of hydrogen-bond donors (Lipinski definition) is 1. The van der Waals surface area contributed by atoms with Crippen molar-refractivity contribution in [2.45, 2.75) is 58.7 Å². The summed E-state index contributed by atoms with van der Waals surface area (Å²) < 4.78 is 10.1. The molecule has 3 unspecified atom stereocenters. The molecule has 4 aromatic rings. The van der Waals surface area contributed by atoms with Gasteiger partial charge in [0.2, 0.25) is 0 Å². The van der Waals surface area contributed by atoms with Crippen LogP contribution in [0.1, 0.15) is 50.4 Å². The summed E-state index contributed by atoms with van der Waals surface area (Å²) in [5, 5.41) is 1.08. The quantitative estimate of drug-likeness (QED) is 0.411. The highest BCUT2D eigenvalue weighted by atomic mass is 16.5. The van der Waals surface area contributed by atoms with E-state index in [4.69, 9.17) is 15.5 Å². The number of hydrogen-bond acceptors (Lipinski definition) is 5. The molecule has 0 spiro atoms. The number of fused-ring (bicyclic) bond motifs is 2. The minimum Gasteiger partial charge on any atom is -0.494 e. The normalized spacial score (nSPS) is 20.1. The molecule has 1 aromatic carbocycles. The molecule has 5 rings (SSSR count). The number of rotatable bonds is 7. The number of methoxy groups -OCH3 is 1. The van der Waals surface area contributed by atoms with Crippen LogP contribution in [-0.2, 0) is 13.6 Å². The Morgan fingerprint density at radius 2 is 2.00 bits per heavy atom. The van der Waals surface area contributed by atoms with Gasteiger partial charge in [0.05, 0.1) is 18.3 Å². The number of likely N-dealkylation sites (tertiary alicyclic amines) is 1. The van der Waals surface area contributed by atoms with Gasteiger partial charge in [-0.05, 0) is 49.1 Å². The van der Waals surface area contributed by atoms with Crippen molar-refractivity contribution in [3.05, 3.63) is 42.1 Å². The lowest BCUT2D eigenvalue weighted by atomic mass is 9.96. The van der Waals surface area contributed by atoms with Crippen molar-refractivity contribution < 1.29 is 9.53 Å². The maximum Gasteiger partial charge on any atom is 0.254 e. The Morgan fingerprint density at radius 1 is 1.19 bits per heavy atom. The van der Waals surface area contributed by atoms with Gasteiger partial charge in [-0.1, -0.05) is 27.2 Å². The van der Waals surface area contributed by atoms with Crippen molar-refractivity contribution in [3.63, 3.8) is 0 Å². The summed E-state index contributed by atoms with van der Waals surface area (Å²) in [6.45, 7) is 7.93. The maximum atomic E-state index is 13.7. The van der Waals surface area contributed by atoms with Crippen LogP contribution in [0, 0.1) is 5.92 Å². The first-order valence-corrected chi connectivity index (χ1v) is 13.0. The molecule has 1 amide bonds. The van der Waals surface area contributed by atoms with Crippen LogP contribution in [0.3, 0.4) is 0 Å². The summed E-state index contributed by atoms with van der Waals surface area (Å²) in [4.78, 5) is 25.3. The third-order valence-corrected chi connectivity index (χ3v) is 7.76. The van der Waals surface area contributed by atoms with E-state index in [0.29, 0.717) is 23.8 Å². The molecule has 3 atom stereocenters. The number of pyridine rings is 1. The summed E-state index contributed by atoms with van der Waals surface area (Å²) in [6, 6.07) is 9.95. The third kappa shape index (κ3) is 3.75. The standard InChI is InChI=1S/C28H36N6O2/c1-6-12-33-22(14-18-10-9-11-30-26(18)33)27-31-20-13-19(15-23(36-5)25(20)32(27)4)28(35)34-16-17(7-2)24(29)21(34)8-3/h9-11,13-15,17,21,24H,6-8,12,16,29H2,1-5H3. The number of aryl methyl sites for hydroxylation is 2. The van der Waals surface area contributed by atoms with Gasteiger partial charge in [-0.3, -0.25) is 4.79 Å². The topological polar surface area (TPSA) is 91.2 Å². The van der Waals surface area contributed by atoms with Gasteiger partial charge >= 0.3 is 0 Å². The molecule has 8 nitrogen and oxygen atoms in total. The van der Waals surface area contributed by atoms with E-state index in [1.807, 2.05) is 36.3 Å². The van der Waals surface area contributed by atoms with E-state index >= 15 is 0 Å². The van der Waals surface area contributed by atoms with Crippen molar-refractivity contribution in [2.75, 3.05) is 13.7 Å².